The molecule has 0 saturated heterocycles. The van der Waals surface area contributed by atoms with Crippen LogP contribution in [0.15, 0.2) is 77.6 Å². The summed E-state index contributed by atoms with van der Waals surface area (Å²) >= 11 is 0. The number of benzene rings is 2. The van der Waals surface area contributed by atoms with Gasteiger partial charge in [-0.25, -0.2) is 4.79 Å². The molecule has 0 radical (unpaired) electrons. The quantitative estimate of drug-likeness (QED) is 0.688. The summed E-state index contributed by atoms with van der Waals surface area (Å²) in [6.07, 6.45) is 0. The molecule has 0 aliphatic heterocycles. The van der Waals surface area contributed by atoms with Crippen LogP contribution in [0, 0.1) is 0 Å². The number of hydrogen-bond donors (Lipinski definition) is 0. The van der Waals surface area contributed by atoms with Crippen LogP contribution in [0.25, 0.3) is 0 Å². The van der Waals surface area contributed by atoms with Crippen LogP contribution in [0.4, 0.5) is 0 Å². The normalized spacial score (nSPS) is 10.7. The Bertz CT molecular complexity index is 891. The first-order valence-electron chi connectivity index (χ1n) is 8.01. The molecule has 0 aliphatic carbocycles. The second-order valence-corrected chi connectivity index (χ2v) is 5.81. The van der Waals surface area contributed by atoms with Crippen LogP contribution in [0.5, 0.6) is 0 Å². The van der Waals surface area contributed by atoms with Gasteiger partial charge in [0.25, 0.3) is 5.56 Å². The van der Waals surface area contributed by atoms with Gasteiger partial charge in [-0.1, -0.05) is 60.7 Å². The molecule has 0 fully saturated rings. The summed E-state index contributed by atoms with van der Waals surface area (Å²) in [5, 5.41) is 0. The van der Waals surface area contributed by atoms with Gasteiger partial charge in [0.1, 0.15) is 0 Å². The van der Waals surface area contributed by atoms with E-state index in [2.05, 4.69) is 0 Å². The lowest BCUT2D eigenvalue weighted by molar-refractivity contribution is 0.0600. The molecule has 0 spiro atoms. The number of ether oxygens (including phenoxy) is 1. The van der Waals surface area contributed by atoms with Crippen LogP contribution in [-0.4, -0.2) is 17.6 Å². The van der Waals surface area contributed by atoms with Crippen molar-refractivity contribution < 1.29 is 9.53 Å². The molecule has 25 heavy (non-hydrogen) atoms. The summed E-state index contributed by atoms with van der Waals surface area (Å²) in [6.45, 7) is 0. The Labute approximate surface area is 146 Å². The van der Waals surface area contributed by atoms with E-state index >= 15 is 0 Å². The largest absolute Gasteiger partial charge is 0.465 e. The molecule has 0 N–H and O–H groups in total. The first kappa shape index (κ1) is 16.7. The summed E-state index contributed by atoms with van der Waals surface area (Å²) in [5.74, 6) is -0.677. The van der Waals surface area contributed by atoms with E-state index in [1.165, 1.54) is 13.2 Å². The highest BCUT2D eigenvalue weighted by molar-refractivity contribution is 5.89. The van der Waals surface area contributed by atoms with Gasteiger partial charge in [-0.15, -0.1) is 0 Å². The van der Waals surface area contributed by atoms with Gasteiger partial charge < -0.3 is 9.30 Å². The molecule has 4 heteroatoms. The summed E-state index contributed by atoms with van der Waals surface area (Å²) in [4.78, 5) is 24.4. The third kappa shape index (κ3) is 3.38. The van der Waals surface area contributed by atoms with Crippen LogP contribution in [-0.2, 0) is 11.8 Å². The average molecular weight is 333 g/mol. The number of pyridine rings is 1. The third-order valence-corrected chi connectivity index (χ3v) is 4.28. The molecular formula is C21H19NO3. The molecule has 1 aromatic heterocycles. The molecule has 3 aromatic rings. The number of nitrogens with zero attached hydrogens (tertiary/aromatic N) is 1. The predicted molar refractivity (Wildman–Crippen MR) is 96.9 cm³/mol. The maximum atomic E-state index is 12.4. The minimum Gasteiger partial charge on any atom is -0.465 e. The van der Waals surface area contributed by atoms with Gasteiger partial charge in [0.2, 0.25) is 0 Å². The van der Waals surface area contributed by atoms with E-state index in [0.717, 1.165) is 16.8 Å². The zero-order chi connectivity index (χ0) is 17.8. The lowest BCUT2D eigenvalue weighted by Crippen LogP contribution is -2.24. The van der Waals surface area contributed by atoms with Crippen molar-refractivity contribution in [3.63, 3.8) is 0 Å². The zero-order valence-electron chi connectivity index (χ0n) is 14.2. The fourth-order valence-electron chi connectivity index (χ4n) is 2.99. The Kier molecular flexibility index (Phi) is 4.80. The molecule has 3 rings (SSSR count). The van der Waals surface area contributed by atoms with Crippen molar-refractivity contribution in [1.29, 1.82) is 0 Å². The van der Waals surface area contributed by atoms with Crippen molar-refractivity contribution in [3.05, 3.63) is 106 Å². The SMILES string of the molecule is COC(=O)c1cc(C(c2ccccc2)c2ccccc2)n(C)c(=O)c1. The maximum absolute atomic E-state index is 12.4. The van der Waals surface area contributed by atoms with Crippen LogP contribution < -0.4 is 5.56 Å². The molecule has 4 nitrogen and oxygen atoms in total. The van der Waals surface area contributed by atoms with Gasteiger partial charge in [0.15, 0.2) is 0 Å². The van der Waals surface area contributed by atoms with E-state index < -0.39 is 5.97 Å². The van der Waals surface area contributed by atoms with Gasteiger partial charge >= 0.3 is 5.97 Å². The fraction of sp³-hybridized carbons (Fsp3) is 0.143. The Hall–Kier alpha value is -3.14. The molecule has 0 atom stereocenters. The van der Waals surface area contributed by atoms with E-state index in [9.17, 15) is 9.59 Å². The highest BCUT2D eigenvalue weighted by atomic mass is 16.5. The number of aromatic nitrogens is 1. The zero-order valence-corrected chi connectivity index (χ0v) is 14.2. The van der Waals surface area contributed by atoms with E-state index in [1.54, 1.807) is 17.7 Å². The van der Waals surface area contributed by atoms with Crippen molar-refractivity contribution in [2.75, 3.05) is 7.11 Å². The molecule has 0 saturated carbocycles. The second-order valence-electron chi connectivity index (χ2n) is 5.81. The minimum absolute atomic E-state index is 0.162. The van der Waals surface area contributed by atoms with Crippen LogP contribution in [0.2, 0.25) is 0 Å². The van der Waals surface area contributed by atoms with Crippen molar-refractivity contribution in [1.82, 2.24) is 4.57 Å². The number of rotatable bonds is 4. The Balaban J connectivity index is 2.26. The van der Waals surface area contributed by atoms with Gasteiger partial charge in [-0.2, -0.15) is 0 Å². The Morgan fingerprint density at radius 3 is 1.92 bits per heavy atom. The van der Waals surface area contributed by atoms with Crippen molar-refractivity contribution >= 4 is 5.97 Å². The molecular weight excluding hydrogens is 314 g/mol. The average Bonchev–Trinajstić information content (AvgIpc) is 2.66. The van der Waals surface area contributed by atoms with Gasteiger partial charge in [-0.3, -0.25) is 4.79 Å². The first-order chi connectivity index (χ1) is 12.1. The second kappa shape index (κ2) is 7.18. The summed E-state index contributed by atoms with van der Waals surface area (Å²) in [5.41, 5.74) is 2.86. The summed E-state index contributed by atoms with van der Waals surface area (Å²) < 4.78 is 6.37. The highest BCUT2D eigenvalue weighted by Gasteiger charge is 2.21. The topological polar surface area (TPSA) is 48.3 Å². The highest BCUT2D eigenvalue weighted by Crippen LogP contribution is 2.31. The van der Waals surface area contributed by atoms with Crippen LogP contribution >= 0.6 is 0 Å². The monoisotopic (exact) mass is 333 g/mol. The molecule has 1 heterocycles. The molecule has 0 unspecified atom stereocenters. The lowest BCUT2D eigenvalue weighted by atomic mass is 9.87. The predicted octanol–water partition coefficient (Wildman–Crippen LogP) is 3.35. The van der Waals surface area contributed by atoms with E-state index in [4.69, 9.17) is 4.74 Å². The van der Waals surface area contributed by atoms with Gasteiger partial charge in [0.05, 0.1) is 12.7 Å². The molecule has 0 aliphatic rings. The Morgan fingerprint density at radius 2 is 1.44 bits per heavy atom. The Morgan fingerprint density at radius 1 is 0.920 bits per heavy atom. The van der Waals surface area contributed by atoms with Crippen molar-refractivity contribution in [2.45, 2.75) is 5.92 Å². The van der Waals surface area contributed by atoms with E-state index in [1.807, 2.05) is 60.7 Å². The fourth-order valence-corrected chi connectivity index (χ4v) is 2.99. The standard InChI is InChI=1S/C21H19NO3/c1-22-18(13-17(14-19(22)23)21(24)25-2)20(15-9-5-3-6-10-15)16-11-7-4-8-12-16/h3-14,20H,1-2H3. The maximum Gasteiger partial charge on any atom is 0.338 e. The van der Waals surface area contributed by atoms with Crippen LogP contribution in [0.3, 0.4) is 0 Å². The number of esters is 1. The van der Waals surface area contributed by atoms with Crippen molar-refractivity contribution in [3.8, 4) is 0 Å². The summed E-state index contributed by atoms with van der Waals surface area (Å²) in [7, 11) is 3.03. The molecule has 0 bridgehead atoms. The number of methoxy groups -OCH3 is 1. The lowest BCUT2D eigenvalue weighted by Gasteiger charge is -2.22. The molecule has 0 amide bonds. The molecule has 2 aromatic carbocycles. The smallest absolute Gasteiger partial charge is 0.338 e. The van der Waals surface area contributed by atoms with Gasteiger partial charge in [-0.05, 0) is 17.2 Å². The minimum atomic E-state index is -0.515. The first-order valence-corrected chi connectivity index (χ1v) is 8.01. The van der Waals surface area contributed by atoms with Crippen LogP contribution in [0.1, 0.15) is 33.1 Å². The molecule has 126 valence electrons. The number of hydrogen-bond acceptors (Lipinski definition) is 3. The van der Waals surface area contributed by atoms with E-state index in [-0.39, 0.29) is 17.0 Å². The van der Waals surface area contributed by atoms with Gasteiger partial charge in [0, 0.05) is 24.7 Å². The summed E-state index contributed by atoms with van der Waals surface area (Å²) in [6, 6.07) is 22.9. The number of carbonyl (C=O) groups excluding carboxylic acids is 1. The van der Waals surface area contributed by atoms with E-state index in [0.29, 0.717) is 0 Å². The van der Waals surface area contributed by atoms with Crippen molar-refractivity contribution in [2.24, 2.45) is 7.05 Å². The number of carbonyl (C=O) groups is 1. The third-order valence-electron chi connectivity index (χ3n) is 4.28.